The van der Waals surface area contributed by atoms with Crippen molar-refractivity contribution in [1.82, 2.24) is 4.98 Å². The molecule has 0 fully saturated rings. The van der Waals surface area contributed by atoms with E-state index < -0.39 is 5.97 Å². The second kappa shape index (κ2) is 12.9. The topological polar surface area (TPSA) is 99.5 Å². The molecule has 226 valence electrons. The SMILES string of the molecule is COC(=O)c1ccccc1C1c2ccc(OC)cc2Oc2cc(OCc3cc(C)cc(C=NCc4ccccn4)c3O)ccc21. The predicted molar refractivity (Wildman–Crippen MR) is 171 cm³/mol. The summed E-state index contributed by atoms with van der Waals surface area (Å²) in [5.41, 5.74) is 6.11. The van der Waals surface area contributed by atoms with E-state index in [4.69, 9.17) is 18.9 Å². The summed E-state index contributed by atoms with van der Waals surface area (Å²) in [6, 6.07) is 28.2. The number of fused-ring (bicyclic) bond motifs is 2. The van der Waals surface area contributed by atoms with Crippen LogP contribution in [0.5, 0.6) is 28.7 Å². The number of phenolic OH excluding ortho intramolecular Hbond substituents is 1. The molecule has 6 rings (SSSR count). The van der Waals surface area contributed by atoms with Gasteiger partial charge in [0.05, 0.1) is 32.0 Å². The Morgan fingerprint density at radius 1 is 0.911 bits per heavy atom. The molecule has 1 N–H and O–H groups in total. The number of hydrogen-bond acceptors (Lipinski definition) is 8. The molecule has 4 aromatic carbocycles. The number of carbonyl (C=O) groups excluding carboxylic acids is 1. The van der Waals surface area contributed by atoms with Crippen LogP contribution in [-0.2, 0) is 17.9 Å². The number of carbonyl (C=O) groups is 1. The van der Waals surface area contributed by atoms with Gasteiger partial charge in [-0.15, -0.1) is 0 Å². The number of rotatable bonds is 9. The van der Waals surface area contributed by atoms with E-state index in [1.165, 1.54) is 7.11 Å². The van der Waals surface area contributed by atoms with E-state index in [1.807, 2.05) is 91.9 Å². The Labute approximate surface area is 261 Å². The highest BCUT2D eigenvalue weighted by Crippen LogP contribution is 2.50. The van der Waals surface area contributed by atoms with Crippen LogP contribution in [0, 0.1) is 6.92 Å². The summed E-state index contributed by atoms with van der Waals surface area (Å²) in [5.74, 6) is 1.83. The molecular weight excluding hydrogens is 568 g/mol. The maximum Gasteiger partial charge on any atom is 0.338 e. The number of nitrogens with zero attached hydrogens (tertiary/aromatic N) is 2. The smallest absolute Gasteiger partial charge is 0.338 e. The largest absolute Gasteiger partial charge is 0.507 e. The Kier molecular flexibility index (Phi) is 8.46. The van der Waals surface area contributed by atoms with Gasteiger partial charge >= 0.3 is 5.97 Å². The van der Waals surface area contributed by atoms with E-state index in [0.717, 1.165) is 27.9 Å². The Morgan fingerprint density at radius 2 is 1.64 bits per heavy atom. The van der Waals surface area contributed by atoms with Crippen LogP contribution < -0.4 is 14.2 Å². The fourth-order valence-electron chi connectivity index (χ4n) is 5.55. The number of methoxy groups -OCH3 is 2. The molecule has 0 bridgehead atoms. The lowest BCUT2D eigenvalue weighted by Crippen LogP contribution is -2.16. The first kappa shape index (κ1) is 29.4. The molecule has 8 heteroatoms. The van der Waals surface area contributed by atoms with Crippen LogP contribution in [-0.4, -0.2) is 36.5 Å². The van der Waals surface area contributed by atoms with Crippen molar-refractivity contribution in [3.63, 3.8) is 0 Å². The quantitative estimate of drug-likeness (QED) is 0.137. The van der Waals surface area contributed by atoms with Gasteiger partial charge in [-0.3, -0.25) is 9.98 Å². The number of aryl methyl sites for hydroxylation is 1. The highest BCUT2D eigenvalue weighted by molar-refractivity contribution is 5.92. The van der Waals surface area contributed by atoms with E-state index in [2.05, 4.69) is 9.98 Å². The number of benzene rings is 4. The molecule has 0 amide bonds. The summed E-state index contributed by atoms with van der Waals surface area (Å²) in [6.45, 7) is 2.51. The predicted octanol–water partition coefficient (Wildman–Crippen LogP) is 7.37. The van der Waals surface area contributed by atoms with E-state index in [9.17, 15) is 9.90 Å². The van der Waals surface area contributed by atoms with Crippen LogP contribution >= 0.6 is 0 Å². The minimum atomic E-state index is -0.409. The van der Waals surface area contributed by atoms with Crippen molar-refractivity contribution in [2.75, 3.05) is 14.2 Å². The van der Waals surface area contributed by atoms with Crippen LogP contribution in [0.15, 0.2) is 102 Å². The molecule has 1 atom stereocenters. The van der Waals surface area contributed by atoms with Crippen LogP contribution in [0.3, 0.4) is 0 Å². The second-order valence-electron chi connectivity index (χ2n) is 10.7. The zero-order valence-electron chi connectivity index (χ0n) is 25.2. The van der Waals surface area contributed by atoms with Crippen molar-refractivity contribution < 1.29 is 28.8 Å². The van der Waals surface area contributed by atoms with E-state index >= 15 is 0 Å². The number of aromatic nitrogens is 1. The zero-order valence-corrected chi connectivity index (χ0v) is 25.2. The van der Waals surface area contributed by atoms with Crippen LogP contribution in [0.4, 0.5) is 0 Å². The first-order valence-electron chi connectivity index (χ1n) is 14.5. The lowest BCUT2D eigenvalue weighted by atomic mass is 9.80. The number of aromatic hydroxyl groups is 1. The van der Waals surface area contributed by atoms with Gasteiger partial charge in [0, 0.05) is 52.7 Å². The summed E-state index contributed by atoms with van der Waals surface area (Å²) >= 11 is 0. The fraction of sp³-hybridized carbons (Fsp3) is 0.162. The number of phenols is 1. The van der Waals surface area contributed by atoms with Gasteiger partial charge in [0.15, 0.2) is 0 Å². The second-order valence-corrected chi connectivity index (χ2v) is 10.7. The lowest BCUT2D eigenvalue weighted by molar-refractivity contribution is 0.0599. The Morgan fingerprint density at radius 3 is 2.38 bits per heavy atom. The summed E-state index contributed by atoms with van der Waals surface area (Å²) in [5, 5.41) is 11.0. The maximum atomic E-state index is 12.7. The summed E-state index contributed by atoms with van der Waals surface area (Å²) < 4.78 is 23.1. The average molecular weight is 601 g/mol. The Balaban J connectivity index is 1.29. The summed E-state index contributed by atoms with van der Waals surface area (Å²) in [4.78, 5) is 21.5. The van der Waals surface area contributed by atoms with Crippen molar-refractivity contribution in [3.8, 4) is 28.7 Å². The molecule has 2 heterocycles. The molecule has 0 saturated heterocycles. The van der Waals surface area contributed by atoms with E-state index in [0.29, 0.717) is 46.2 Å². The molecule has 1 unspecified atom stereocenters. The number of hydrogen-bond donors (Lipinski definition) is 1. The van der Waals surface area contributed by atoms with E-state index in [-0.39, 0.29) is 18.3 Å². The molecular formula is C37H32N2O6. The molecule has 1 aliphatic rings. The third-order valence-corrected chi connectivity index (χ3v) is 7.69. The molecule has 0 radical (unpaired) electrons. The maximum absolute atomic E-state index is 12.7. The van der Waals surface area contributed by atoms with Crippen molar-refractivity contribution in [3.05, 3.63) is 142 Å². The Hall–Kier alpha value is -5.63. The summed E-state index contributed by atoms with van der Waals surface area (Å²) in [7, 11) is 2.98. The molecule has 5 aromatic rings. The first-order valence-corrected chi connectivity index (χ1v) is 14.5. The zero-order chi connectivity index (χ0) is 31.3. The van der Waals surface area contributed by atoms with E-state index in [1.54, 1.807) is 25.6 Å². The van der Waals surface area contributed by atoms with Crippen molar-refractivity contribution in [1.29, 1.82) is 0 Å². The van der Waals surface area contributed by atoms with Gasteiger partial charge in [-0.25, -0.2) is 4.79 Å². The molecule has 8 nitrogen and oxygen atoms in total. The van der Waals surface area contributed by atoms with Gasteiger partial charge in [-0.1, -0.05) is 36.4 Å². The van der Waals surface area contributed by atoms with Gasteiger partial charge in [-0.2, -0.15) is 0 Å². The number of aliphatic imine (C=N–C) groups is 1. The molecule has 45 heavy (non-hydrogen) atoms. The van der Waals surface area contributed by atoms with Crippen molar-refractivity contribution >= 4 is 12.2 Å². The third kappa shape index (κ3) is 6.21. The molecule has 1 aliphatic heterocycles. The van der Waals surface area contributed by atoms with Gasteiger partial charge in [0.1, 0.15) is 35.4 Å². The highest BCUT2D eigenvalue weighted by atomic mass is 16.5. The van der Waals surface area contributed by atoms with Gasteiger partial charge in [0.25, 0.3) is 0 Å². The Bertz CT molecular complexity index is 1890. The highest BCUT2D eigenvalue weighted by Gasteiger charge is 2.32. The van der Waals surface area contributed by atoms with Crippen LogP contribution in [0.25, 0.3) is 0 Å². The normalized spacial score (nSPS) is 13.4. The van der Waals surface area contributed by atoms with Crippen molar-refractivity contribution in [2.24, 2.45) is 4.99 Å². The van der Waals surface area contributed by atoms with Gasteiger partial charge in [0.2, 0.25) is 0 Å². The minimum Gasteiger partial charge on any atom is -0.507 e. The number of ether oxygens (including phenoxy) is 4. The minimum absolute atomic E-state index is 0.111. The van der Waals surface area contributed by atoms with Crippen molar-refractivity contribution in [2.45, 2.75) is 26.0 Å². The third-order valence-electron chi connectivity index (χ3n) is 7.69. The van der Waals surface area contributed by atoms with Crippen LogP contribution in [0.2, 0.25) is 0 Å². The van der Waals surface area contributed by atoms with Gasteiger partial charge < -0.3 is 24.1 Å². The average Bonchev–Trinajstić information content (AvgIpc) is 3.07. The molecule has 0 aliphatic carbocycles. The monoisotopic (exact) mass is 600 g/mol. The fourth-order valence-corrected chi connectivity index (χ4v) is 5.55. The van der Waals surface area contributed by atoms with Gasteiger partial charge in [-0.05, 0) is 60.5 Å². The summed E-state index contributed by atoms with van der Waals surface area (Å²) in [6.07, 6.45) is 3.39. The lowest BCUT2D eigenvalue weighted by Gasteiger charge is -2.30. The standard InChI is InChI=1S/C37H32N2O6/c1-23-16-24(20-38-21-26-8-6-7-15-39-26)36(40)25(17-23)22-44-28-12-14-32-34(19-28)45-33-18-27(42-2)11-13-31(33)35(32)29-9-4-5-10-30(29)37(41)43-3/h4-20,35,40H,21-22H2,1-3H3. The number of pyridine rings is 1. The molecule has 0 saturated carbocycles. The van der Waals surface area contributed by atoms with Crippen LogP contribution in [0.1, 0.15) is 55.4 Å². The number of esters is 1. The first-order chi connectivity index (χ1) is 21.9. The molecule has 1 aromatic heterocycles. The molecule has 0 spiro atoms.